The van der Waals surface area contributed by atoms with Crippen LogP contribution in [0, 0.1) is 5.41 Å². The van der Waals surface area contributed by atoms with Crippen molar-refractivity contribution in [3.05, 3.63) is 0 Å². The van der Waals surface area contributed by atoms with Crippen LogP contribution in [-0.4, -0.2) is 32.1 Å². The smallest absolute Gasteiger partial charge is 0.0886 e. The Morgan fingerprint density at radius 3 is 2.10 bits per heavy atom. The van der Waals surface area contributed by atoms with E-state index in [0.717, 1.165) is 6.42 Å². The Bertz CT molecular complexity index is 165. The van der Waals surface area contributed by atoms with E-state index in [1.807, 2.05) is 0 Å². The molecule has 0 aliphatic rings. The van der Waals surface area contributed by atoms with Crippen LogP contribution < -0.4 is 0 Å². The minimum absolute atomic E-state index is 0.101. The zero-order valence-electron chi connectivity index (χ0n) is 10.9. The van der Waals surface area contributed by atoms with Crippen molar-refractivity contribution in [2.45, 2.75) is 27.2 Å². The molecule has 0 heterocycles. The lowest BCUT2D eigenvalue weighted by atomic mass is 9.92. The van der Waals surface area contributed by atoms with Gasteiger partial charge in [-0.15, -0.1) is 0 Å². The second-order valence-corrected chi connectivity index (χ2v) is 4.72. The summed E-state index contributed by atoms with van der Waals surface area (Å²) < 4.78 is 22.1. The van der Waals surface area contributed by atoms with Crippen molar-refractivity contribution in [1.29, 1.82) is 0 Å². The third kappa shape index (κ3) is 7.96. The third-order valence-electron chi connectivity index (χ3n) is 1.42. The molecule has 62 valence electrons. The summed E-state index contributed by atoms with van der Waals surface area (Å²) in [5.41, 5.74) is 0.209. The highest BCUT2D eigenvalue weighted by molar-refractivity contribution is 4.59. The summed E-state index contributed by atoms with van der Waals surface area (Å²) in [6.07, 6.45) is 0.929. The molecule has 0 aromatic rings. The molecule has 0 unspecified atom stereocenters. The van der Waals surface area contributed by atoms with Crippen LogP contribution in [0.2, 0.25) is 0 Å². The summed E-state index contributed by atoms with van der Waals surface area (Å²) >= 11 is 0. The van der Waals surface area contributed by atoms with Crippen LogP contribution >= 0.6 is 0 Å². The van der Waals surface area contributed by atoms with E-state index in [4.69, 9.17) is 4.11 Å². The average molecular weight is 147 g/mol. The molecule has 0 saturated heterocycles. The minimum atomic E-state index is -1.90. The highest BCUT2D eigenvalue weighted by Gasteiger charge is 2.15. The monoisotopic (exact) mass is 147 g/mol. The third-order valence-corrected chi connectivity index (χ3v) is 1.42. The molecule has 1 heteroatoms. The van der Waals surface area contributed by atoms with Gasteiger partial charge in [-0.3, -0.25) is 0 Å². The van der Waals surface area contributed by atoms with Gasteiger partial charge in [0.05, 0.1) is 31.7 Å². The highest BCUT2D eigenvalue weighted by Crippen LogP contribution is 2.19. The normalized spacial score (nSPS) is 19.5. The van der Waals surface area contributed by atoms with Crippen LogP contribution in [0.15, 0.2) is 0 Å². The summed E-state index contributed by atoms with van der Waals surface area (Å²) in [6, 6.07) is 0. The van der Waals surface area contributed by atoms with E-state index in [0.29, 0.717) is 6.54 Å². The van der Waals surface area contributed by atoms with Gasteiger partial charge in [-0.1, -0.05) is 20.8 Å². The summed E-state index contributed by atoms with van der Waals surface area (Å²) in [5.74, 6) is 0. The summed E-state index contributed by atoms with van der Waals surface area (Å²) in [6.45, 7) is 5.19. The number of rotatable bonds is 2. The van der Waals surface area contributed by atoms with Crippen molar-refractivity contribution < 1.29 is 8.60 Å². The minimum Gasteiger partial charge on any atom is -0.331 e. The van der Waals surface area contributed by atoms with Gasteiger partial charge >= 0.3 is 0 Å². The molecule has 0 aromatic carbocycles. The van der Waals surface area contributed by atoms with E-state index in [-0.39, 0.29) is 9.90 Å². The standard InChI is InChI=1S/C9H22N/c1-9(2,3)7-8-10(4,5)6/h7-8H2,1-6H3/q+1/i4D3. The predicted octanol–water partition coefficient (Wildman–Crippen LogP) is 2.13. The Labute approximate surface area is 69.8 Å². The fourth-order valence-electron chi connectivity index (χ4n) is 0.615. The van der Waals surface area contributed by atoms with Crippen molar-refractivity contribution in [1.82, 2.24) is 0 Å². The van der Waals surface area contributed by atoms with Gasteiger partial charge in [0.25, 0.3) is 0 Å². The Morgan fingerprint density at radius 1 is 1.30 bits per heavy atom. The lowest BCUT2D eigenvalue weighted by molar-refractivity contribution is -0.871. The van der Waals surface area contributed by atoms with Gasteiger partial charge < -0.3 is 4.48 Å². The zero-order valence-corrected chi connectivity index (χ0v) is 7.86. The fourth-order valence-corrected chi connectivity index (χ4v) is 0.615. The van der Waals surface area contributed by atoms with Gasteiger partial charge in [0, 0.05) is 6.42 Å². The Hall–Kier alpha value is -0.0400. The molecule has 0 fully saturated rings. The fraction of sp³-hybridized carbons (Fsp3) is 1.00. The first kappa shape index (κ1) is 5.59. The Balaban J connectivity index is 4.21. The van der Waals surface area contributed by atoms with E-state index in [1.54, 1.807) is 14.1 Å². The zero-order chi connectivity index (χ0) is 10.9. The molecular formula is C9H22N+. The maximum Gasteiger partial charge on any atom is 0.0886 e. The lowest BCUT2D eigenvalue weighted by Gasteiger charge is -2.28. The first-order chi connectivity index (χ1) is 5.46. The maximum absolute atomic E-state index is 7.35. The van der Waals surface area contributed by atoms with Crippen molar-refractivity contribution >= 4 is 0 Å². The van der Waals surface area contributed by atoms with Crippen molar-refractivity contribution in [3.8, 4) is 0 Å². The van der Waals surface area contributed by atoms with Gasteiger partial charge in [0.15, 0.2) is 0 Å². The molecule has 0 spiro atoms. The number of nitrogens with zero attached hydrogens (tertiary/aromatic N) is 1. The largest absolute Gasteiger partial charge is 0.331 e. The SMILES string of the molecule is [2H]C([2H])([2H])[N+](C)(C)CCC(C)(C)C. The molecule has 0 atom stereocenters. The second kappa shape index (κ2) is 2.91. The number of hydrogen-bond acceptors (Lipinski definition) is 0. The molecule has 0 radical (unpaired) electrons. The molecular weight excluding hydrogens is 122 g/mol. The number of hydrogen-bond donors (Lipinski definition) is 0. The van der Waals surface area contributed by atoms with Crippen molar-refractivity contribution in [3.63, 3.8) is 0 Å². The molecule has 1 nitrogen and oxygen atoms in total. The van der Waals surface area contributed by atoms with Crippen LogP contribution in [0.1, 0.15) is 31.3 Å². The summed E-state index contributed by atoms with van der Waals surface area (Å²) in [5, 5.41) is 0. The van der Waals surface area contributed by atoms with Gasteiger partial charge in [-0.25, -0.2) is 0 Å². The van der Waals surface area contributed by atoms with Crippen molar-refractivity contribution in [2.24, 2.45) is 5.41 Å². The Morgan fingerprint density at radius 2 is 1.80 bits per heavy atom. The average Bonchev–Trinajstić information content (AvgIpc) is 1.79. The first-order valence-electron chi connectivity index (χ1n) is 5.29. The molecule has 0 aliphatic heterocycles. The van der Waals surface area contributed by atoms with E-state index in [1.165, 1.54) is 0 Å². The van der Waals surface area contributed by atoms with Crippen LogP contribution in [0.25, 0.3) is 0 Å². The Kier molecular flexibility index (Phi) is 1.63. The van der Waals surface area contributed by atoms with Crippen molar-refractivity contribution in [2.75, 3.05) is 27.6 Å². The first-order valence-corrected chi connectivity index (χ1v) is 3.79. The van der Waals surface area contributed by atoms with E-state index in [9.17, 15) is 0 Å². The molecule has 0 aromatic heterocycles. The quantitative estimate of drug-likeness (QED) is 0.525. The van der Waals surface area contributed by atoms with Gasteiger partial charge in [-0.2, -0.15) is 0 Å². The molecule has 0 aliphatic carbocycles. The molecule has 0 rings (SSSR count). The predicted molar refractivity (Wildman–Crippen MR) is 47.0 cm³/mol. The number of quaternary nitrogens is 1. The molecule has 0 N–H and O–H groups in total. The van der Waals surface area contributed by atoms with E-state index < -0.39 is 6.98 Å². The molecule has 10 heavy (non-hydrogen) atoms. The van der Waals surface area contributed by atoms with E-state index >= 15 is 0 Å². The van der Waals surface area contributed by atoms with Crippen LogP contribution in [0.5, 0.6) is 0 Å². The second-order valence-electron chi connectivity index (χ2n) is 4.72. The van der Waals surface area contributed by atoms with E-state index in [2.05, 4.69) is 20.8 Å². The summed E-state index contributed by atoms with van der Waals surface area (Å²) in [7, 11) is 3.53. The molecule has 0 amide bonds. The highest BCUT2D eigenvalue weighted by atomic mass is 15.3. The molecule has 0 bridgehead atoms. The maximum atomic E-state index is 7.35. The van der Waals surface area contributed by atoms with Gasteiger partial charge in [-0.05, 0) is 5.41 Å². The van der Waals surface area contributed by atoms with Gasteiger partial charge in [0.2, 0.25) is 0 Å². The topological polar surface area (TPSA) is 0 Å². The lowest BCUT2D eigenvalue weighted by Crippen LogP contribution is -2.37. The van der Waals surface area contributed by atoms with Crippen LogP contribution in [0.4, 0.5) is 0 Å². The molecule has 0 saturated carbocycles. The van der Waals surface area contributed by atoms with Gasteiger partial charge in [0.1, 0.15) is 0 Å². The van der Waals surface area contributed by atoms with Crippen LogP contribution in [0.3, 0.4) is 0 Å². The summed E-state index contributed by atoms with van der Waals surface area (Å²) in [4.78, 5) is 0. The van der Waals surface area contributed by atoms with Crippen LogP contribution in [-0.2, 0) is 0 Å².